The first kappa shape index (κ1) is 14.0. The summed E-state index contributed by atoms with van der Waals surface area (Å²) in [7, 11) is 3.92. The Morgan fingerprint density at radius 3 is 2.43 bits per heavy atom. The molecule has 118 valence electrons. The van der Waals surface area contributed by atoms with Gasteiger partial charge < -0.3 is 14.8 Å². The lowest BCUT2D eigenvalue weighted by molar-refractivity contribution is 0.920. The Morgan fingerprint density at radius 2 is 1.74 bits per heavy atom. The van der Waals surface area contributed by atoms with Crippen LogP contribution in [-0.2, 0) is 0 Å². The summed E-state index contributed by atoms with van der Waals surface area (Å²) < 4.78 is 0. The van der Waals surface area contributed by atoms with Crippen molar-refractivity contribution in [3.63, 3.8) is 0 Å². The summed E-state index contributed by atoms with van der Waals surface area (Å²) in [6, 6.07) is 10.1. The molecule has 1 fully saturated rings. The molecule has 1 N–H and O–H groups in total. The van der Waals surface area contributed by atoms with Gasteiger partial charge in [-0.15, -0.1) is 0 Å². The van der Waals surface area contributed by atoms with E-state index in [2.05, 4.69) is 14.9 Å². The minimum absolute atomic E-state index is 0.700. The maximum absolute atomic E-state index is 4.76. The molecular weight excluding hydrogens is 288 g/mol. The van der Waals surface area contributed by atoms with Crippen molar-refractivity contribution in [2.75, 3.05) is 37.0 Å². The van der Waals surface area contributed by atoms with E-state index in [0.717, 1.165) is 41.5 Å². The van der Waals surface area contributed by atoms with Crippen molar-refractivity contribution >= 4 is 22.9 Å². The third-order valence-corrected chi connectivity index (χ3v) is 4.17. The molecule has 1 aromatic carbocycles. The summed E-state index contributed by atoms with van der Waals surface area (Å²) in [6.07, 6.45) is 2.42. The molecule has 1 aliphatic rings. The second-order valence-corrected chi connectivity index (χ2v) is 6.09. The first-order valence-corrected chi connectivity index (χ1v) is 7.98. The summed E-state index contributed by atoms with van der Waals surface area (Å²) in [5.74, 6) is 2.50. The normalized spacial score (nSPS) is 14.6. The van der Waals surface area contributed by atoms with E-state index >= 15 is 0 Å². The van der Waals surface area contributed by atoms with E-state index in [1.807, 2.05) is 49.3 Å². The Morgan fingerprint density at radius 1 is 1.00 bits per heavy atom. The summed E-state index contributed by atoms with van der Waals surface area (Å²) in [4.78, 5) is 21.7. The van der Waals surface area contributed by atoms with Gasteiger partial charge in [-0.2, -0.15) is 9.97 Å². The van der Waals surface area contributed by atoms with E-state index in [-0.39, 0.29) is 0 Å². The fourth-order valence-corrected chi connectivity index (χ4v) is 2.96. The molecule has 2 aromatic heterocycles. The molecule has 0 atom stereocenters. The minimum Gasteiger partial charge on any atom is -0.355 e. The van der Waals surface area contributed by atoms with Crippen LogP contribution in [0.1, 0.15) is 12.8 Å². The number of hydrogen-bond donors (Lipinski definition) is 1. The van der Waals surface area contributed by atoms with E-state index < -0.39 is 0 Å². The maximum Gasteiger partial charge on any atom is 0.228 e. The number of hydrogen-bond acceptors (Lipinski definition) is 5. The second kappa shape index (κ2) is 5.53. The van der Waals surface area contributed by atoms with Crippen LogP contribution < -0.4 is 9.80 Å². The molecule has 1 saturated heterocycles. The van der Waals surface area contributed by atoms with E-state index in [0.29, 0.717) is 5.95 Å². The number of imidazole rings is 1. The Labute approximate surface area is 135 Å². The fourth-order valence-electron chi connectivity index (χ4n) is 2.96. The van der Waals surface area contributed by atoms with E-state index in [9.17, 15) is 0 Å². The largest absolute Gasteiger partial charge is 0.355 e. The lowest BCUT2D eigenvalue weighted by Crippen LogP contribution is -2.22. The van der Waals surface area contributed by atoms with Crippen LogP contribution in [0.5, 0.6) is 0 Å². The molecular formula is C17H20N6. The molecule has 1 aliphatic heterocycles. The van der Waals surface area contributed by atoms with Gasteiger partial charge in [0.05, 0.1) is 0 Å². The molecule has 4 rings (SSSR count). The average molecular weight is 308 g/mol. The van der Waals surface area contributed by atoms with Crippen LogP contribution >= 0.6 is 0 Å². The van der Waals surface area contributed by atoms with Crippen LogP contribution in [0.2, 0.25) is 0 Å². The molecule has 0 bridgehead atoms. The van der Waals surface area contributed by atoms with Gasteiger partial charge in [0.2, 0.25) is 5.95 Å². The van der Waals surface area contributed by atoms with Gasteiger partial charge in [0.25, 0.3) is 0 Å². The number of benzene rings is 1. The van der Waals surface area contributed by atoms with Crippen LogP contribution in [0.15, 0.2) is 30.3 Å². The van der Waals surface area contributed by atoms with Crippen molar-refractivity contribution in [2.24, 2.45) is 0 Å². The predicted molar refractivity (Wildman–Crippen MR) is 92.9 cm³/mol. The zero-order valence-corrected chi connectivity index (χ0v) is 13.5. The van der Waals surface area contributed by atoms with Crippen molar-refractivity contribution in [1.29, 1.82) is 0 Å². The van der Waals surface area contributed by atoms with Crippen molar-refractivity contribution in [2.45, 2.75) is 12.8 Å². The monoisotopic (exact) mass is 308 g/mol. The molecule has 6 nitrogen and oxygen atoms in total. The molecule has 6 heteroatoms. The number of aromatic nitrogens is 4. The second-order valence-electron chi connectivity index (χ2n) is 6.09. The number of anilines is 2. The van der Waals surface area contributed by atoms with Gasteiger partial charge in [-0.25, -0.2) is 4.98 Å². The summed E-state index contributed by atoms with van der Waals surface area (Å²) in [6.45, 7) is 2.08. The number of fused-ring (bicyclic) bond motifs is 1. The summed E-state index contributed by atoms with van der Waals surface area (Å²) in [5.41, 5.74) is 2.71. The first-order chi connectivity index (χ1) is 11.2. The first-order valence-electron chi connectivity index (χ1n) is 7.98. The van der Waals surface area contributed by atoms with Crippen molar-refractivity contribution in [1.82, 2.24) is 19.9 Å². The van der Waals surface area contributed by atoms with Gasteiger partial charge in [-0.05, 0) is 12.8 Å². The van der Waals surface area contributed by atoms with Gasteiger partial charge in [0.1, 0.15) is 11.3 Å². The lowest BCUT2D eigenvalue weighted by Gasteiger charge is -2.19. The van der Waals surface area contributed by atoms with Crippen molar-refractivity contribution in [3.8, 4) is 11.4 Å². The van der Waals surface area contributed by atoms with Gasteiger partial charge in [-0.1, -0.05) is 30.3 Å². The standard InChI is InChI=1S/C17H20N6/c1-22(2)17-20-15-13(16(21-17)23-10-6-7-11-23)18-14(19-15)12-8-4-3-5-9-12/h3-5,8-9H,6-7,10-11H2,1-2H3,(H,18,19,20,21). The topological polar surface area (TPSA) is 60.9 Å². The number of nitrogens with one attached hydrogen (secondary N) is 1. The highest BCUT2D eigenvalue weighted by molar-refractivity contribution is 5.87. The van der Waals surface area contributed by atoms with Gasteiger partial charge in [0.15, 0.2) is 11.5 Å². The minimum atomic E-state index is 0.700. The maximum atomic E-state index is 4.76. The number of rotatable bonds is 3. The Hall–Kier alpha value is -2.63. The average Bonchev–Trinajstić information content (AvgIpc) is 3.24. The van der Waals surface area contributed by atoms with E-state index in [1.54, 1.807) is 0 Å². The van der Waals surface area contributed by atoms with Crippen LogP contribution in [0, 0.1) is 0 Å². The summed E-state index contributed by atoms with van der Waals surface area (Å²) in [5, 5.41) is 0. The quantitative estimate of drug-likeness (QED) is 0.806. The molecule has 0 radical (unpaired) electrons. The van der Waals surface area contributed by atoms with Gasteiger partial charge in [0, 0.05) is 32.7 Å². The molecule has 0 spiro atoms. The molecule has 0 aliphatic carbocycles. The van der Waals surface area contributed by atoms with Crippen molar-refractivity contribution < 1.29 is 0 Å². The van der Waals surface area contributed by atoms with Crippen LogP contribution in [0.3, 0.4) is 0 Å². The molecule has 3 heterocycles. The molecule has 0 unspecified atom stereocenters. The zero-order chi connectivity index (χ0) is 15.8. The Balaban J connectivity index is 1.89. The molecule has 0 amide bonds. The van der Waals surface area contributed by atoms with Gasteiger partial charge in [-0.3, -0.25) is 0 Å². The van der Waals surface area contributed by atoms with Gasteiger partial charge >= 0.3 is 0 Å². The highest BCUT2D eigenvalue weighted by Crippen LogP contribution is 2.29. The summed E-state index contributed by atoms with van der Waals surface area (Å²) >= 11 is 0. The Kier molecular flexibility index (Phi) is 3.37. The van der Waals surface area contributed by atoms with E-state index in [4.69, 9.17) is 9.97 Å². The predicted octanol–water partition coefficient (Wildman–Crippen LogP) is 2.69. The molecule has 3 aromatic rings. The number of aromatic amines is 1. The number of H-pyrrole nitrogens is 1. The third-order valence-electron chi connectivity index (χ3n) is 4.17. The Bertz CT molecular complexity index is 818. The fraction of sp³-hybridized carbons (Fsp3) is 0.353. The lowest BCUT2D eigenvalue weighted by atomic mass is 10.2. The van der Waals surface area contributed by atoms with E-state index in [1.165, 1.54) is 12.8 Å². The molecule has 23 heavy (non-hydrogen) atoms. The van der Waals surface area contributed by atoms with Crippen LogP contribution in [-0.4, -0.2) is 47.1 Å². The molecule has 0 saturated carbocycles. The van der Waals surface area contributed by atoms with Crippen molar-refractivity contribution in [3.05, 3.63) is 30.3 Å². The third kappa shape index (κ3) is 2.50. The zero-order valence-electron chi connectivity index (χ0n) is 13.5. The SMILES string of the molecule is CN(C)c1nc(N2CCCC2)c2[nH]c(-c3ccccc3)nc2n1. The highest BCUT2D eigenvalue weighted by atomic mass is 15.3. The van der Waals surface area contributed by atoms with Crippen LogP contribution in [0.4, 0.5) is 11.8 Å². The highest BCUT2D eigenvalue weighted by Gasteiger charge is 2.21. The number of nitrogens with zero attached hydrogens (tertiary/aromatic N) is 5. The smallest absolute Gasteiger partial charge is 0.228 e. The van der Waals surface area contributed by atoms with Crippen LogP contribution in [0.25, 0.3) is 22.6 Å².